The molecule has 0 aromatic carbocycles. The maximum absolute atomic E-state index is 11.6. The molecule has 3 N–H and O–H groups in total. The highest BCUT2D eigenvalue weighted by atomic mass is 16.1. The molecule has 0 aromatic rings. The molecule has 0 saturated carbocycles. The van der Waals surface area contributed by atoms with Gasteiger partial charge in [-0.2, -0.15) is 0 Å². The molecule has 0 fully saturated rings. The highest BCUT2D eigenvalue weighted by Gasteiger charge is 2.08. The molecular formula is C14H30N2O. The smallest absolute Gasteiger partial charge is 0.220 e. The number of carbonyl (C=O) groups excluding carboxylic acids is 1. The first-order valence-corrected chi connectivity index (χ1v) is 7.12. The predicted octanol–water partition coefficient (Wildman–Crippen LogP) is 2.84. The van der Waals surface area contributed by atoms with Gasteiger partial charge in [0.25, 0.3) is 0 Å². The van der Waals surface area contributed by atoms with Crippen LogP contribution in [0.2, 0.25) is 0 Å². The lowest BCUT2D eigenvalue weighted by molar-refractivity contribution is -0.121. The highest BCUT2D eigenvalue weighted by molar-refractivity contribution is 5.75. The number of hydrogen-bond acceptors (Lipinski definition) is 2. The number of hydrogen-bond donors (Lipinski definition) is 2. The molecule has 0 bridgehead atoms. The maximum Gasteiger partial charge on any atom is 0.220 e. The van der Waals surface area contributed by atoms with E-state index in [2.05, 4.69) is 19.2 Å². The minimum Gasteiger partial charge on any atom is -0.356 e. The summed E-state index contributed by atoms with van der Waals surface area (Å²) in [7, 11) is 0. The molecule has 0 spiro atoms. The minimum atomic E-state index is 0.181. The monoisotopic (exact) mass is 242 g/mol. The van der Waals surface area contributed by atoms with Crippen molar-refractivity contribution in [2.45, 2.75) is 71.8 Å². The van der Waals surface area contributed by atoms with Crippen LogP contribution in [0.4, 0.5) is 0 Å². The molecule has 0 aliphatic rings. The minimum absolute atomic E-state index is 0.181. The first-order chi connectivity index (χ1) is 8.10. The van der Waals surface area contributed by atoms with Gasteiger partial charge in [0.2, 0.25) is 5.91 Å². The third-order valence-corrected chi connectivity index (χ3v) is 3.19. The second-order valence-electron chi connectivity index (χ2n) is 5.09. The van der Waals surface area contributed by atoms with Crippen LogP contribution in [0.25, 0.3) is 0 Å². The van der Waals surface area contributed by atoms with Crippen molar-refractivity contribution in [1.82, 2.24) is 5.32 Å². The Morgan fingerprint density at radius 2 is 1.94 bits per heavy atom. The predicted molar refractivity (Wildman–Crippen MR) is 73.8 cm³/mol. The number of carbonyl (C=O) groups is 1. The van der Waals surface area contributed by atoms with Crippen LogP contribution >= 0.6 is 0 Å². The molecule has 3 nitrogen and oxygen atoms in total. The maximum atomic E-state index is 11.6. The summed E-state index contributed by atoms with van der Waals surface area (Å²) >= 11 is 0. The number of amides is 1. The van der Waals surface area contributed by atoms with E-state index in [0.29, 0.717) is 12.3 Å². The molecular weight excluding hydrogens is 212 g/mol. The Balaban J connectivity index is 3.58. The van der Waals surface area contributed by atoms with Crippen LogP contribution < -0.4 is 11.1 Å². The fourth-order valence-electron chi connectivity index (χ4n) is 1.87. The Labute approximate surface area is 107 Å². The molecule has 0 rings (SSSR count). The van der Waals surface area contributed by atoms with Crippen LogP contribution in [0, 0.1) is 5.92 Å². The van der Waals surface area contributed by atoms with Gasteiger partial charge in [-0.1, -0.05) is 33.1 Å². The normalized spacial score (nSPS) is 14.4. The first-order valence-electron chi connectivity index (χ1n) is 7.12. The van der Waals surface area contributed by atoms with Gasteiger partial charge in [0.1, 0.15) is 0 Å². The van der Waals surface area contributed by atoms with Gasteiger partial charge in [-0.15, -0.1) is 0 Å². The molecule has 0 radical (unpaired) electrons. The molecule has 1 amide bonds. The fourth-order valence-corrected chi connectivity index (χ4v) is 1.87. The van der Waals surface area contributed by atoms with Crippen molar-refractivity contribution in [2.75, 3.05) is 6.54 Å². The van der Waals surface area contributed by atoms with E-state index >= 15 is 0 Å². The second kappa shape index (κ2) is 10.6. The van der Waals surface area contributed by atoms with Crippen LogP contribution in [0.3, 0.4) is 0 Å². The molecule has 0 aromatic heterocycles. The van der Waals surface area contributed by atoms with Gasteiger partial charge in [-0.25, -0.2) is 0 Å². The Morgan fingerprint density at radius 3 is 2.47 bits per heavy atom. The zero-order valence-electron chi connectivity index (χ0n) is 11.8. The molecule has 102 valence electrons. The zero-order valence-corrected chi connectivity index (χ0v) is 11.8. The van der Waals surface area contributed by atoms with E-state index in [-0.39, 0.29) is 11.9 Å². The van der Waals surface area contributed by atoms with Gasteiger partial charge in [0.05, 0.1) is 0 Å². The van der Waals surface area contributed by atoms with E-state index in [1.807, 2.05) is 6.92 Å². The Hall–Kier alpha value is -0.570. The molecule has 0 saturated heterocycles. The molecule has 0 aliphatic carbocycles. The summed E-state index contributed by atoms with van der Waals surface area (Å²) < 4.78 is 0. The fraction of sp³-hybridized carbons (Fsp3) is 0.929. The molecule has 2 atom stereocenters. The van der Waals surface area contributed by atoms with Crippen molar-refractivity contribution in [1.29, 1.82) is 0 Å². The Kier molecular flexibility index (Phi) is 10.2. The summed E-state index contributed by atoms with van der Waals surface area (Å²) in [6.07, 6.45) is 7.33. The highest BCUT2D eigenvalue weighted by Crippen LogP contribution is 2.11. The molecule has 0 aliphatic heterocycles. The van der Waals surface area contributed by atoms with Gasteiger partial charge in [-0.05, 0) is 32.1 Å². The first kappa shape index (κ1) is 16.4. The van der Waals surface area contributed by atoms with E-state index < -0.39 is 0 Å². The van der Waals surface area contributed by atoms with Crippen LogP contribution in [0.1, 0.15) is 65.7 Å². The van der Waals surface area contributed by atoms with Crippen molar-refractivity contribution < 1.29 is 4.79 Å². The van der Waals surface area contributed by atoms with Crippen molar-refractivity contribution in [3.63, 3.8) is 0 Å². The standard InChI is InChI=1S/C14H30N2O/c1-4-6-9-13(5-2)11-16-14(17)10-7-8-12(3)15/h12-13H,4-11,15H2,1-3H3,(H,16,17). The zero-order chi connectivity index (χ0) is 13.1. The molecule has 17 heavy (non-hydrogen) atoms. The van der Waals surface area contributed by atoms with Crippen molar-refractivity contribution in [2.24, 2.45) is 11.7 Å². The summed E-state index contributed by atoms with van der Waals surface area (Å²) in [5.74, 6) is 0.827. The number of nitrogens with one attached hydrogen (secondary N) is 1. The summed E-state index contributed by atoms with van der Waals surface area (Å²) in [5.41, 5.74) is 5.65. The Morgan fingerprint density at radius 1 is 1.24 bits per heavy atom. The van der Waals surface area contributed by atoms with Crippen molar-refractivity contribution >= 4 is 5.91 Å². The molecule has 0 heterocycles. The molecule has 3 heteroatoms. The average Bonchev–Trinajstić information content (AvgIpc) is 2.29. The largest absolute Gasteiger partial charge is 0.356 e. The van der Waals surface area contributed by atoms with Gasteiger partial charge in [0, 0.05) is 19.0 Å². The van der Waals surface area contributed by atoms with Gasteiger partial charge in [0.15, 0.2) is 0 Å². The van der Waals surface area contributed by atoms with Crippen LogP contribution in [-0.4, -0.2) is 18.5 Å². The van der Waals surface area contributed by atoms with Gasteiger partial charge < -0.3 is 11.1 Å². The van der Waals surface area contributed by atoms with Crippen LogP contribution in [0.5, 0.6) is 0 Å². The summed E-state index contributed by atoms with van der Waals surface area (Å²) in [6.45, 7) is 7.23. The van der Waals surface area contributed by atoms with E-state index in [4.69, 9.17) is 5.73 Å². The number of nitrogens with two attached hydrogens (primary N) is 1. The third kappa shape index (κ3) is 10.3. The number of rotatable bonds is 10. The van der Waals surface area contributed by atoms with E-state index in [1.54, 1.807) is 0 Å². The average molecular weight is 242 g/mol. The van der Waals surface area contributed by atoms with Crippen LogP contribution in [-0.2, 0) is 4.79 Å². The lowest BCUT2D eigenvalue weighted by atomic mass is 9.99. The van der Waals surface area contributed by atoms with Crippen molar-refractivity contribution in [3.8, 4) is 0 Å². The van der Waals surface area contributed by atoms with Gasteiger partial charge >= 0.3 is 0 Å². The lowest BCUT2D eigenvalue weighted by Crippen LogP contribution is -2.29. The Bertz CT molecular complexity index is 193. The lowest BCUT2D eigenvalue weighted by Gasteiger charge is -2.15. The third-order valence-electron chi connectivity index (χ3n) is 3.19. The summed E-state index contributed by atoms with van der Waals surface area (Å²) in [5, 5.41) is 3.04. The summed E-state index contributed by atoms with van der Waals surface area (Å²) in [4.78, 5) is 11.6. The van der Waals surface area contributed by atoms with Gasteiger partial charge in [-0.3, -0.25) is 4.79 Å². The van der Waals surface area contributed by atoms with Crippen LogP contribution in [0.15, 0.2) is 0 Å². The molecule has 2 unspecified atom stereocenters. The van der Waals surface area contributed by atoms with E-state index in [0.717, 1.165) is 25.8 Å². The SMILES string of the molecule is CCCCC(CC)CNC(=O)CCCC(C)N. The topological polar surface area (TPSA) is 55.1 Å². The summed E-state index contributed by atoms with van der Waals surface area (Å²) in [6, 6.07) is 0.204. The van der Waals surface area contributed by atoms with E-state index in [9.17, 15) is 4.79 Å². The van der Waals surface area contributed by atoms with Crippen molar-refractivity contribution in [3.05, 3.63) is 0 Å². The quantitative estimate of drug-likeness (QED) is 0.619. The second-order valence-corrected chi connectivity index (χ2v) is 5.09. The van der Waals surface area contributed by atoms with E-state index in [1.165, 1.54) is 19.3 Å². The number of unbranched alkanes of at least 4 members (excludes halogenated alkanes) is 1.